The summed E-state index contributed by atoms with van der Waals surface area (Å²) < 4.78 is 24.3. The molecule has 0 unspecified atom stereocenters. The van der Waals surface area contributed by atoms with E-state index in [-0.39, 0.29) is 17.5 Å². The van der Waals surface area contributed by atoms with Crippen molar-refractivity contribution in [2.45, 2.75) is 24.8 Å². The first-order valence-corrected chi connectivity index (χ1v) is 10.2. The molecule has 8 nitrogen and oxygen atoms in total. The smallest absolute Gasteiger partial charge is 0.239 e. The zero-order chi connectivity index (χ0) is 18.8. The Labute approximate surface area is 162 Å². The number of nitrogens with two attached hydrogens (primary N) is 1. The lowest BCUT2D eigenvalue weighted by Crippen LogP contribution is -2.20. The lowest BCUT2D eigenvalue weighted by Gasteiger charge is -2.15. The molecule has 25 heavy (non-hydrogen) atoms. The fraction of sp³-hybridized carbons (Fsp3) is 0.286. The highest BCUT2D eigenvalue weighted by Crippen LogP contribution is 2.30. The number of aromatic nitrogens is 2. The topological polar surface area (TPSA) is 130 Å². The number of aliphatic hydroxyl groups excluding tert-OH is 1. The number of primary sulfonamides is 1. The normalized spacial score (nSPS) is 12.7. The van der Waals surface area contributed by atoms with Crippen molar-refractivity contribution in [3.05, 3.63) is 32.8 Å². The molecule has 0 bridgehead atoms. The minimum Gasteiger partial charge on any atom is -0.394 e. The Morgan fingerprint density at radius 2 is 2.00 bits per heavy atom. The number of nitrogens with zero attached hydrogens (tertiary/aromatic N) is 2. The van der Waals surface area contributed by atoms with Crippen molar-refractivity contribution in [3.63, 3.8) is 0 Å². The second-order valence-corrected chi connectivity index (χ2v) is 8.60. The lowest BCUT2D eigenvalue weighted by atomic mass is 10.2. The molecule has 1 aromatic heterocycles. The third kappa shape index (κ3) is 5.11. The summed E-state index contributed by atoms with van der Waals surface area (Å²) in [6, 6.07) is 3.05. The number of benzene rings is 1. The molecule has 136 valence electrons. The van der Waals surface area contributed by atoms with Crippen LogP contribution in [0.15, 0.2) is 32.2 Å². The standard InChI is InChI=1S/C14H17Br2N5O3S/c1-7-3-9(4-10(15)12(7)25(17,23)24)20-14-18-5-11(16)13(21-14)19-8(2)6-22/h3-5,8,22H,6H2,1-2H3,(H2,17,23,24)(H2,18,19,20,21)/t8-/m1/s1. The SMILES string of the molecule is Cc1cc(Nc2ncc(Br)c(N[C@H](C)CO)n2)cc(Br)c1S(N)(=O)=O. The highest BCUT2D eigenvalue weighted by Gasteiger charge is 2.17. The van der Waals surface area contributed by atoms with Gasteiger partial charge in [0.15, 0.2) is 0 Å². The molecule has 11 heteroatoms. The van der Waals surface area contributed by atoms with E-state index in [1.165, 1.54) is 0 Å². The Hall–Kier alpha value is -1.27. The molecule has 2 rings (SSSR count). The van der Waals surface area contributed by atoms with Gasteiger partial charge in [0.2, 0.25) is 16.0 Å². The molecule has 2 aromatic rings. The fourth-order valence-electron chi connectivity index (χ4n) is 2.10. The summed E-state index contributed by atoms with van der Waals surface area (Å²) in [6.07, 6.45) is 1.57. The maximum absolute atomic E-state index is 11.6. The number of anilines is 3. The van der Waals surface area contributed by atoms with Gasteiger partial charge in [-0.05, 0) is 63.4 Å². The molecule has 5 N–H and O–H groups in total. The van der Waals surface area contributed by atoms with E-state index in [9.17, 15) is 8.42 Å². The molecule has 1 atom stereocenters. The van der Waals surface area contributed by atoms with Crippen LogP contribution in [-0.4, -0.2) is 36.1 Å². The van der Waals surface area contributed by atoms with Gasteiger partial charge >= 0.3 is 0 Å². The molecule has 0 saturated heterocycles. The van der Waals surface area contributed by atoms with Crippen LogP contribution in [0.25, 0.3) is 0 Å². The number of halogens is 2. The van der Waals surface area contributed by atoms with E-state index in [2.05, 4.69) is 52.5 Å². The van der Waals surface area contributed by atoms with Gasteiger partial charge < -0.3 is 15.7 Å². The summed E-state index contributed by atoms with van der Waals surface area (Å²) in [4.78, 5) is 8.54. The van der Waals surface area contributed by atoms with Crippen LogP contribution in [0.1, 0.15) is 12.5 Å². The second-order valence-electron chi connectivity index (χ2n) is 5.39. The molecular formula is C14H17Br2N5O3S. The molecular weight excluding hydrogens is 478 g/mol. The van der Waals surface area contributed by atoms with E-state index in [4.69, 9.17) is 10.2 Å². The van der Waals surface area contributed by atoms with Crippen LogP contribution in [0.4, 0.5) is 17.5 Å². The zero-order valence-corrected chi connectivity index (χ0v) is 17.4. The van der Waals surface area contributed by atoms with Gasteiger partial charge in [-0.2, -0.15) is 4.98 Å². The van der Waals surface area contributed by atoms with Gasteiger partial charge in [0.1, 0.15) is 5.82 Å². The summed E-state index contributed by atoms with van der Waals surface area (Å²) in [7, 11) is -3.83. The average molecular weight is 495 g/mol. The number of rotatable bonds is 6. The summed E-state index contributed by atoms with van der Waals surface area (Å²) in [5, 5.41) is 20.4. The van der Waals surface area contributed by atoms with E-state index < -0.39 is 10.0 Å². The van der Waals surface area contributed by atoms with Crippen LogP contribution < -0.4 is 15.8 Å². The molecule has 0 amide bonds. The maximum Gasteiger partial charge on any atom is 0.239 e. The Kier molecular flexibility index (Phi) is 6.38. The Morgan fingerprint density at radius 3 is 2.56 bits per heavy atom. The van der Waals surface area contributed by atoms with Gasteiger partial charge in [-0.15, -0.1) is 0 Å². The molecule has 0 aliphatic carbocycles. The van der Waals surface area contributed by atoms with Crippen LogP contribution in [0, 0.1) is 6.92 Å². The molecule has 0 radical (unpaired) electrons. The Morgan fingerprint density at radius 1 is 1.32 bits per heavy atom. The summed E-state index contributed by atoms with van der Waals surface area (Å²) in [6.45, 7) is 3.42. The highest BCUT2D eigenvalue weighted by molar-refractivity contribution is 9.10. The van der Waals surface area contributed by atoms with E-state index in [1.54, 1.807) is 25.3 Å². The first-order valence-electron chi connectivity index (χ1n) is 7.11. The number of aliphatic hydroxyl groups is 1. The number of hydrogen-bond acceptors (Lipinski definition) is 7. The van der Waals surface area contributed by atoms with Crippen molar-refractivity contribution in [1.82, 2.24) is 9.97 Å². The molecule has 1 aromatic carbocycles. The minimum absolute atomic E-state index is 0.0360. The van der Waals surface area contributed by atoms with Crippen LogP contribution in [0.2, 0.25) is 0 Å². The summed E-state index contributed by atoms with van der Waals surface area (Å²) in [5.74, 6) is 0.835. The van der Waals surface area contributed by atoms with Crippen molar-refractivity contribution in [1.29, 1.82) is 0 Å². The Balaban J connectivity index is 2.33. The lowest BCUT2D eigenvalue weighted by molar-refractivity contribution is 0.281. The van der Waals surface area contributed by atoms with Crippen molar-refractivity contribution < 1.29 is 13.5 Å². The minimum atomic E-state index is -3.83. The predicted molar refractivity (Wildman–Crippen MR) is 103 cm³/mol. The van der Waals surface area contributed by atoms with E-state index in [1.807, 2.05) is 6.92 Å². The molecule has 0 fully saturated rings. The summed E-state index contributed by atoms with van der Waals surface area (Å²) in [5.41, 5.74) is 1.09. The van der Waals surface area contributed by atoms with Crippen molar-refractivity contribution >= 4 is 59.3 Å². The number of sulfonamides is 1. The highest BCUT2D eigenvalue weighted by atomic mass is 79.9. The van der Waals surface area contributed by atoms with Gasteiger partial charge in [0.25, 0.3) is 0 Å². The average Bonchev–Trinajstić information content (AvgIpc) is 2.48. The summed E-state index contributed by atoms with van der Waals surface area (Å²) >= 11 is 6.57. The van der Waals surface area contributed by atoms with Crippen molar-refractivity contribution in [3.8, 4) is 0 Å². The van der Waals surface area contributed by atoms with Gasteiger partial charge in [0.05, 0.1) is 16.0 Å². The maximum atomic E-state index is 11.6. The quantitative estimate of drug-likeness (QED) is 0.485. The zero-order valence-electron chi connectivity index (χ0n) is 13.4. The molecule has 0 aliphatic heterocycles. The number of aryl methyl sites for hydroxylation is 1. The monoisotopic (exact) mass is 493 g/mol. The van der Waals surface area contributed by atoms with Crippen molar-refractivity contribution in [2.75, 3.05) is 17.2 Å². The number of nitrogens with one attached hydrogen (secondary N) is 2. The molecule has 0 spiro atoms. The van der Waals surface area contributed by atoms with Gasteiger partial charge in [-0.3, -0.25) is 0 Å². The largest absolute Gasteiger partial charge is 0.394 e. The third-order valence-corrected chi connectivity index (χ3v) is 5.75. The van der Waals surface area contributed by atoms with Crippen LogP contribution in [0.5, 0.6) is 0 Å². The van der Waals surface area contributed by atoms with Crippen LogP contribution >= 0.6 is 31.9 Å². The third-order valence-electron chi connectivity index (χ3n) is 3.17. The van der Waals surface area contributed by atoms with Gasteiger partial charge in [-0.1, -0.05) is 0 Å². The van der Waals surface area contributed by atoms with E-state index >= 15 is 0 Å². The second kappa shape index (κ2) is 7.96. The van der Waals surface area contributed by atoms with Gasteiger partial charge in [0, 0.05) is 22.4 Å². The van der Waals surface area contributed by atoms with Crippen LogP contribution in [-0.2, 0) is 10.0 Å². The first-order chi connectivity index (χ1) is 11.6. The first kappa shape index (κ1) is 20.0. The Bertz CT molecular complexity index is 869. The molecule has 0 saturated carbocycles. The predicted octanol–water partition coefficient (Wildman–Crippen LogP) is 2.49. The molecule has 0 aliphatic rings. The fourth-order valence-corrected chi connectivity index (χ4v) is 4.48. The molecule has 1 heterocycles. The van der Waals surface area contributed by atoms with Crippen LogP contribution in [0.3, 0.4) is 0 Å². The van der Waals surface area contributed by atoms with E-state index in [0.717, 1.165) is 0 Å². The number of hydrogen-bond donors (Lipinski definition) is 4. The van der Waals surface area contributed by atoms with Gasteiger partial charge in [-0.25, -0.2) is 18.5 Å². The van der Waals surface area contributed by atoms with Crippen molar-refractivity contribution in [2.24, 2.45) is 5.14 Å². The van der Waals surface area contributed by atoms with E-state index in [0.29, 0.717) is 32.0 Å².